The molecule has 1 aliphatic rings. The Hall–Kier alpha value is -2.73. The molecule has 0 unspecified atom stereocenters. The van der Waals surface area contributed by atoms with E-state index >= 15 is 0 Å². The van der Waals surface area contributed by atoms with Gasteiger partial charge >= 0.3 is 0 Å². The molecule has 0 spiro atoms. The van der Waals surface area contributed by atoms with Gasteiger partial charge < -0.3 is 9.80 Å². The fraction of sp³-hybridized carbons (Fsp3) is 0.533. The Kier molecular flexibility index (Phi) is 10.1. The van der Waals surface area contributed by atoms with Gasteiger partial charge in [-0.25, -0.2) is 4.39 Å². The Bertz CT molecular complexity index is 975. The minimum atomic E-state index is -0.489. The molecule has 0 N–H and O–H groups in total. The maximum absolute atomic E-state index is 13.3. The number of hydrogen-bond donors (Lipinski definition) is 0. The molecule has 2 aromatic carbocycles. The minimum absolute atomic E-state index is 0.0822. The van der Waals surface area contributed by atoms with E-state index in [0.717, 1.165) is 37.2 Å². The van der Waals surface area contributed by atoms with Crippen molar-refractivity contribution in [2.45, 2.75) is 59.9 Å². The molecule has 0 aromatic heterocycles. The molecule has 2 amide bonds. The van der Waals surface area contributed by atoms with Crippen LogP contribution in [0.5, 0.6) is 0 Å². The molecule has 1 fully saturated rings. The zero-order chi connectivity index (χ0) is 26.1. The van der Waals surface area contributed by atoms with Crippen molar-refractivity contribution in [3.05, 3.63) is 71.0 Å². The number of hydrogen-bond acceptors (Lipinski definition) is 3. The van der Waals surface area contributed by atoms with Crippen LogP contribution in [0.15, 0.2) is 48.5 Å². The SMILES string of the molecule is CCCCCc1ccc(C(=O)N2CCN(CCN(Cc3ccc(F)cc3)C(=O)C(C)(C)C)CC2)cc1. The summed E-state index contributed by atoms with van der Waals surface area (Å²) >= 11 is 0. The van der Waals surface area contributed by atoms with E-state index < -0.39 is 5.41 Å². The van der Waals surface area contributed by atoms with Gasteiger partial charge in [-0.3, -0.25) is 14.5 Å². The monoisotopic (exact) mass is 495 g/mol. The first-order chi connectivity index (χ1) is 17.2. The van der Waals surface area contributed by atoms with E-state index in [-0.39, 0.29) is 17.6 Å². The van der Waals surface area contributed by atoms with Crippen LogP contribution in [0.3, 0.4) is 0 Å². The number of rotatable bonds is 10. The van der Waals surface area contributed by atoms with Crippen LogP contribution in [0.2, 0.25) is 0 Å². The largest absolute Gasteiger partial charge is 0.337 e. The molecule has 1 saturated heterocycles. The second kappa shape index (κ2) is 13.0. The molecule has 5 nitrogen and oxygen atoms in total. The summed E-state index contributed by atoms with van der Waals surface area (Å²) in [5.74, 6) is -0.0998. The number of unbranched alkanes of at least 4 members (excludes halogenated alkanes) is 2. The van der Waals surface area contributed by atoms with Crippen molar-refractivity contribution in [3.63, 3.8) is 0 Å². The highest BCUT2D eigenvalue weighted by atomic mass is 19.1. The fourth-order valence-electron chi connectivity index (χ4n) is 4.55. The van der Waals surface area contributed by atoms with Gasteiger partial charge in [0.2, 0.25) is 5.91 Å². The molecule has 6 heteroatoms. The zero-order valence-corrected chi connectivity index (χ0v) is 22.4. The van der Waals surface area contributed by atoms with E-state index in [1.807, 2.05) is 42.7 Å². The van der Waals surface area contributed by atoms with Crippen LogP contribution in [0.4, 0.5) is 4.39 Å². The van der Waals surface area contributed by atoms with Crippen LogP contribution in [0.1, 0.15) is 68.4 Å². The van der Waals surface area contributed by atoms with Crippen LogP contribution in [-0.2, 0) is 17.8 Å². The van der Waals surface area contributed by atoms with Crippen molar-refractivity contribution in [1.82, 2.24) is 14.7 Å². The quantitative estimate of drug-likeness (QED) is 0.415. The molecule has 36 heavy (non-hydrogen) atoms. The Labute approximate surface area is 216 Å². The van der Waals surface area contributed by atoms with E-state index in [1.54, 1.807) is 12.1 Å². The van der Waals surface area contributed by atoms with Crippen LogP contribution in [0, 0.1) is 11.2 Å². The van der Waals surface area contributed by atoms with Gasteiger partial charge in [0.1, 0.15) is 5.82 Å². The molecule has 3 rings (SSSR count). The van der Waals surface area contributed by atoms with E-state index in [2.05, 4.69) is 24.0 Å². The number of aryl methyl sites for hydroxylation is 1. The molecule has 0 bridgehead atoms. The Balaban J connectivity index is 1.51. The Morgan fingerprint density at radius 1 is 0.889 bits per heavy atom. The van der Waals surface area contributed by atoms with Gasteiger partial charge in [-0.15, -0.1) is 0 Å². The van der Waals surface area contributed by atoms with Crippen molar-refractivity contribution < 1.29 is 14.0 Å². The maximum atomic E-state index is 13.3. The minimum Gasteiger partial charge on any atom is -0.337 e. The number of piperazine rings is 1. The summed E-state index contributed by atoms with van der Waals surface area (Å²) in [5.41, 5.74) is 2.47. The first-order valence-corrected chi connectivity index (χ1v) is 13.3. The summed E-state index contributed by atoms with van der Waals surface area (Å²) in [7, 11) is 0. The highest BCUT2D eigenvalue weighted by Crippen LogP contribution is 2.20. The smallest absolute Gasteiger partial charge is 0.253 e. The maximum Gasteiger partial charge on any atom is 0.253 e. The molecular formula is C30H42FN3O2. The fourth-order valence-corrected chi connectivity index (χ4v) is 4.55. The van der Waals surface area contributed by atoms with E-state index in [4.69, 9.17) is 0 Å². The van der Waals surface area contributed by atoms with E-state index in [9.17, 15) is 14.0 Å². The van der Waals surface area contributed by atoms with Crippen molar-refractivity contribution in [2.24, 2.45) is 5.41 Å². The summed E-state index contributed by atoms with van der Waals surface area (Å²) in [5, 5.41) is 0. The highest BCUT2D eigenvalue weighted by molar-refractivity contribution is 5.94. The number of halogens is 1. The number of amides is 2. The topological polar surface area (TPSA) is 43.9 Å². The molecule has 0 saturated carbocycles. The lowest BCUT2D eigenvalue weighted by atomic mass is 9.94. The van der Waals surface area contributed by atoms with E-state index in [0.29, 0.717) is 26.2 Å². The van der Waals surface area contributed by atoms with Gasteiger partial charge in [0.05, 0.1) is 0 Å². The van der Waals surface area contributed by atoms with Crippen LogP contribution < -0.4 is 0 Å². The predicted molar refractivity (Wildman–Crippen MR) is 143 cm³/mol. The van der Waals surface area contributed by atoms with Crippen molar-refractivity contribution in [1.29, 1.82) is 0 Å². The third-order valence-corrected chi connectivity index (χ3v) is 6.83. The lowest BCUT2D eigenvalue weighted by Crippen LogP contribution is -2.51. The summed E-state index contributed by atoms with van der Waals surface area (Å²) in [6.45, 7) is 12.7. The third kappa shape index (κ3) is 8.16. The van der Waals surface area contributed by atoms with Crippen LogP contribution >= 0.6 is 0 Å². The number of benzene rings is 2. The number of carbonyl (C=O) groups is 2. The molecule has 1 aliphatic heterocycles. The predicted octanol–water partition coefficient (Wildman–Crippen LogP) is 5.39. The van der Waals surface area contributed by atoms with Crippen molar-refractivity contribution in [3.8, 4) is 0 Å². The summed E-state index contributed by atoms with van der Waals surface area (Å²) < 4.78 is 13.3. The normalized spacial score (nSPS) is 14.6. The molecule has 196 valence electrons. The van der Waals surface area contributed by atoms with Crippen molar-refractivity contribution in [2.75, 3.05) is 39.3 Å². The van der Waals surface area contributed by atoms with Gasteiger partial charge in [-0.1, -0.05) is 64.8 Å². The van der Waals surface area contributed by atoms with Crippen molar-refractivity contribution >= 4 is 11.8 Å². The van der Waals surface area contributed by atoms with Crippen LogP contribution in [0.25, 0.3) is 0 Å². The molecular weight excluding hydrogens is 453 g/mol. The Morgan fingerprint density at radius 2 is 1.50 bits per heavy atom. The highest BCUT2D eigenvalue weighted by Gasteiger charge is 2.28. The standard InChI is InChI=1S/C30H42FN3O2/c1-5-6-7-8-24-9-13-26(14-10-24)28(35)33-20-17-32(18-21-33)19-22-34(29(36)30(2,3)4)23-25-11-15-27(31)16-12-25/h9-16H,5-8,17-23H2,1-4H3. The molecule has 0 aliphatic carbocycles. The van der Waals surface area contributed by atoms with Gasteiger partial charge in [0, 0.05) is 56.8 Å². The molecule has 0 atom stereocenters. The molecule has 1 heterocycles. The summed E-state index contributed by atoms with van der Waals surface area (Å²) in [4.78, 5) is 32.2. The second-order valence-corrected chi connectivity index (χ2v) is 10.9. The average Bonchev–Trinajstić information content (AvgIpc) is 2.87. The van der Waals surface area contributed by atoms with Gasteiger partial charge in [-0.05, 0) is 48.2 Å². The van der Waals surface area contributed by atoms with Gasteiger partial charge in [0.15, 0.2) is 0 Å². The summed E-state index contributed by atoms with van der Waals surface area (Å²) in [6, 6.07) is 14.4. The first kappa shape index (κ1) is 27.9. The van der Waals surface area contributed by atoms with Gasteiger partial charge in [-0.2, -0.15) is 0 Å². The lowest BCUT2D eigenvalue weighted by Gasteiger charge is -2.37. The lowest BCUT2D eigenvalue weighted by molar-refractivity contribution is -0.140. The third-order valence-electron chi connectivity index (χ3n) is 6.83. The zero-order valence-electron chi connectivity index (χ0n) is 22.4. The Morgan fingerprint density at radius 3 is 2.08 bits per heavy atom. The van der Waals surface area contributed by atoms with Crippen LogP contribution in [-0.4, -0.2) is 65.8 Å². The first-order valence-electron chi connectivity index (χ1n) is 13.3. The molecule has 2 aromatic rings. The number of nitrogens with zero attached hydrogens (tertiary/aromatic N) is 3. The number of carbonyl (C=O) groups excluding carboxylic acids is 2. The van der Waals surface area contributed by atoms with E-state index in [1.165, 1.54) is 37.0 Å². The summed E-state index contributed by atoms with van der Waals surface area (Å²) in [6.07, 6.45) is 4.70. The second-order valence-electron chi connectivity index (χ2n) is 10.9. The molecule has 0 radical (unpaired) electrons. The average molecular weight is 496 g/mol. The van der Waals surface area contributed by atoms with Gasteiger partial charge in [0.25, 0.3) is 5.91 Å².